The van der Waals surface area contributed by atoms with E-state index in [0.29, 0.717) is 28.4 Å². The van der Waals surface area contributed by atoms with Crippen molar-refractivity contribution in [1.82, 2.24) is 0 Å². The van der Waals surface area contributed by atoms with Gasteiger partial charge < -0.3 is 18.9 Å². The van der Waals surface area contributed by atoms with E-state index in [2.05, 4.69) is 25.5 Å². The number of carbonyl (C=O) groups excluding carboxylic acids is 1. The van der Waals surface area contributed by atoms with Crippen molar-refractivity contribution in [2.24, 2.45) is 0 Å². The number of esters is 1. The summed E-state index contributed by atoms with van der Waals surface area (Å²) in [4.78, 5) is 11.8. The maximum Gasteiger partial charge on any atom is 0.573 e. The summed E-state index contributed by atoms with van der Waals surface area (Å²) in [5.41, 5.74) is 2.30. The van der Waals surface area contributed by atoms with E-state index < -0.39 is 12.3 Å². The number of carbonyl (C=O) groups is 1. The molecule has 0 aliphatic carbocycles. The molecule has 186 valence electrons. The second kappa shape index (κ2) is 10.7. The highest BCUT2D eigenvalue weighted by Gasteiger charge is 2.31. The van der Waals surface area contributed by atoms with Crippen LogP contribution in [0, 0.1) is 0 Å². The molecule has 0 saturated heterocycles. The molecule has 0 amide bonds. The van der Waals surface area contributed by atoms with Gasteiger partial charge in [0.15, 0.2) is 18.1 Å². The second-order valence-corrected chi connectivity index (χ2v) is 8.71. The van der Waals surface area contributed by atoms with Crippen LogP contribution in [0.2, 0.25) is 0 Å². The van der Waals surface area contributed by atoms with Gasteiger partial charge in [-0.25, -0.2) is 4.79 Å². The highest BCUT2D eigenvalue weighted by atomic mass is 19.4. The fraction of sp³-hybridized carbons (Fsp3) is 0.296. The zero-order valence-corrected chi connectivity index (χ0v) is 19.9. The van der Waals surface area contributed by atoms with Crippen LogP contribution in [0.1, 0.15) is 33.3 Å². The van der Waals surface area contributed by atoms with Crippen LogP contribution >= 0.6 is 0 Å². The lowest BCUT2D eigenvalue weighted by Gasteiger charge is -2.20. The maximum absolute atomic E-state index is 12.5. The summed E-state index contributed by atoms with van der Waals surface area (Å²) < 4.78 is 58.0. The fourth-order valence-corrected chi connectivity index (χ4v) is 3.23. The molecule has 3 aromatic carbocycles. The fourth-order valence-electron chi connectivity index (χ4n) is 3.23. The van der Waals surface area contributed by atoms with Crippen LogP contribution in [-0.2, 0) is 14.9 Å². The summed E-state index contributed by atoms with van der Waals surface area (Å²) in [7, 11) is 0. The third-order valence-electron chi connectivity index (χ3n) is 4.94. The molecular weight excluding hydrogens is 461 g/mol. The number of ether oxygens (including phenoxy) is 4. The van der Waals surface area contributed by atoms with Crippen molar-refractivity contribution in [3.8, 4) is 34.1 Å². The average Bonchev–Trinajstić information content (AvgIpc) is 2.77. The smallest absolute Gasteiger partial charge is 0.478 e. The van der Waals surface area contributed by atoms with Crippen LogP contribution in [0.15, 0.2) is 66.7 Å². The number of benzene rings is 3. The van der Waals surface area contributed by atoms with E-state index >= 15 is 0 Å². The Morgan fingerprint density at radius 1 is 0.829 bits per heavy atom. The largest absolute Gasteiger partial charge is 0.573 e. The zero-order chi connectivity index (χ0) is 25.6. The normalized spacial score (nSPS) is 11.6. The SMILES string of the molecule is CCOC(=O)COc1ccc(-c2ccc(OC(F)(F)F)cc2)cc1Oc1cccc(C(C)(C)C)c1. The Labute approximate surface area is 202 Å². The van der Waals surface area contributed by atoms with Gasteiger partial charge in [-0.2, -0.15) is 0 Å². The third kappa shape index (κ3) is 7.67. The van der Waals surface area contributed by atoms with E-state index in [1.165, 1.54) is 24.3 Å². The summed E-state index contributed by atoms with van der Waals surface area (Å²) in [6, 6.07) is 18.2. The average molecular weight is 489 g/mol. The second-order valence-electron chi connectivity index (χ2n) is 8.71. The molecule has 3 aromatic rings. The summed E-state index contributed by atoms with van der Waals surface area (Å²) >= 11 is 0. The Balaban J connectivity index is 1.92. The molecule has 0 aliphatic rings. The molecule has 0 atom stereocenters. The number of halogens is 3. The van der Waals surface area contributed by atoms with Crippen LogP contribution < -0.4 is 14.2 Å². The Hall–Kier alpha value is -3.68. The van der Waals surface area contributed by atoms with Crippen LogP contribution in [0.25, 0.3) is 11.1 Å². The lowest BCUT2D eigenvalue weighted by Crippen LogP contribution is -2.16. The quantitative estimate of drug-likeness (QED) is 0.312. The Morgan fingerprint density at radius 3 is 2.14 bits per heavy atom. The van der Waals surface area contributed by atoms with Gasteiger partial charge in [-0.05, 0) is 65.4 Å². The summed E-state index contributed by atoms with van der Waals surface area (Å²) in [6.07, 6.45) is -4.76. The topological polar surface area (TPSA) is 54.0 Å². The summed E-state index contributed by atoms with van der Waals surface area (Å²) in [5.74, 6) is 0.404. The lowest BCUT2D eigenvalue weighted by molar-refractivity contribution is -0.274. The molecule has 0 aromatic heterocycles. The van der Waals surface area contributed by atoms with Gasteiger partial charge in [0.25, 0.3) is 0 Å². The first-order valence-corrected chi connectivity index (χ1v) is 11.0. The van der Waals surface area contributed by atoms with Crippen LogP contribution in [0.3, 0.4) is 0 Å². The van der Waals surface area contributed by atoms with Gasteiger partial charge in [-0.15, -0.1) is 13.2 Å². The van der Waals surface area contributed by atoms with Crippen molar-refractivity contribution >= 4 is 5.97 Å². The Kier molecular flexibility index (Phi) is 7.94. The molecule has 35 heavy (non-hydrogen) atoms. The molecule has 0 heterocycles. The van der Waals surface area contributed by atoms with Crippen molar-refractivity contribution in [2.45, 2.75) is 39.5 Å². The molecule has 5 nitrogen and oxygen atoms in total. The Morgan fingerprint density at radius 2 is 1.51 bits per heavy atom. The monoisotopic (exact) mass is 488 g/mol. The van der Waals surface area contributed by atoms with Gasteiger partial charge in [0.1, 0.15) is 11.5 Å². The molecule has 0 aliphatic heterocycles. The minimum atomic E-state index is -4.76. The molecule has 0 bridgehead atoms. The lowest BCUT2D eigenvalue weighted by atomic mass is 9.87. The van der Waals surface area contributed by atoms with E-state index in [9.17, 15) is 18.0 Å². The molecule has 3 rings (SSSR count). The van der Waals surface area contributed by atoms with E-state index in [-0.39, 0.29) is 24.4 Å². The van der Waals surface area contributed by atoms with Crippen molar-refractivity contribution in [3.05, 3.63) is 72.3 Å². The predicted molar refractivity (Wildman–Crippen MR) is 126 cm³/mol. The maximum atomic E-state index is 12.5. The first-order chi connectivity index (χ1) is 16.4. The van der Waals surface area contributed by atoms with E-state index in [4.69, 9.17) is 14.2 Å². The standard InChI is InChI=1S/C27H27F3O5/c1-5-32-25(31)17-33-23-14-11-19(18-9-12-21(13-10-18)35-27(28,29)30)15-24(23)34-22-8-6-7-20(16-22)26(2,3)4/h6-16H,5,17H2,1-4H3. The predicted octanol–water partition coefficient (Wildman–Crippen LogP) is 7.28. The Bertz CT molecular complexity index is 1150. The molecule has 0 N–H and O–H groups in total. The van der Waals surface area contributed by atoms with Gasteiger partial charge in [0.2, 0.25) is 0 Å². The third-order valence-corrected chi connectivity index (χ3v) is 4.94. The minimum Gasteiger partial charge on any atom is -0.478 e. The van der Waals surface area contributed by atoms with Gasteiger partial charge in [-0.1, -0.05) is 51.1 Å². The van der Waals surface area contributed by atoms with Crippen LogP contribution in [0.4, 0.5) is 13.2 Å². The summed E-state index contributed by atoms with van der Waals surface area (Å²) in [5, 5.41) is 0. The molecule has 0 spiro atoms. The van der Waals surface area contributed by atoms with E-state index in [1.807, 2.05) is 18.2 Å². The van der Waals surface area contributed by atoms with Gasteiger partial charge in [0.05, 0.1) is 6.61 Å². The minimum absolute atomic E-state index is 0.0926. The van der Waals surface area contributed by atoms with Crippen molar-refractivity contribution < 1.29 is 36.9 Å². The van der Waals surface area contributed by atoms with Crippen LogP contribution in [0.5, 0.6) is 23.0 Å². The van der Waals surface area contributed by atoms with Crippen molar-refractivity contribution in [3.63, 3.8) is 0 Å². The number of alkyl halides is 3. The molecule has 0 unspecified atom stereocenters. The molecular formula is C27H27F3O5. The molecule has 0 fully saturated rings. The number of rotatable bonds is 8. The highest BCUT2D eigenvalue weighted by molar-refractivity contribution is 5.72. The van der Waals surface area contributed by atoms with Crippen molar-refractivity contribution in [1.29, 1.82) is 0 Å². The van der Waals surface area contributed by atoms with Crippen LogP contribution in [-0.4, -0.2) is 25.5 Å². The number of hydrogen-bond acceptors (Lipinski definition) is 5. The number of hydrogen-bond donors (Lipinski definition) is 0. The first kappa shape index (κ1) is 25.9. The van der Waals surface area contributed by atoms with E-state index in [1.54, 1.807) is 31.2 Å². The van der Waals surface area contributed by atoms with Gasteiger partial charge in [-0.3, -0.25) is 0 Å². The zero-order valence-electron chi connectivity index (χ0n) is 19.9. The molecule has 0 saturated carbocycles. The van der Waals surface area contributed by atoms with Gasteiger partial charge >= 0.3 is 12.3 Å². The molecule has 8 heteroatoms. The summed E-state index contributed by atoms with van der Waals surface area (Å²) in [6.45, 7) is 7.91. The van der Waals surface area contributed by atoms with Gasteiger partial charge in [0, 0.05) is 0 Å². The first-order valence-electron chi connectivity index (χ1n) is 11.0. The van der Waals surface area contributed by atoms with E-state index in [0.717, 1.165) is 5.56 Å². The highest BCUT2D eigenvalue weighted by Crippen LogP contribution is 2.37. The molecule has 0 radical (unpaired) electrons. The van der Waals surface area contributed by atoms with Crippen molar-refractivity contribution in [2.75, 3.05) is 13.2 Å².